The number of methoxy groups -OCH3 is 1. The minimum absolute atomic E-state index is 0.0213. The number of benzene rings is 2. The fourth-order valence-electron chi connectivity index (χ4n) is 5.16. The number of likely N-dealkylation sites (tertiary alicyclic amines) is 2. The summed E-state index contributed by atoms with van der Waals surface area (Å²) in [5.74, 6) is 1.38. The summed E-state index contributed by atoms with van der Waals surface area (Å²) in [6.07, 6.45) is 3.43. The van der Waals surface area contributed by atoms with E-state index in [1.165, 1.54) is 18.4 Å². The lowest BCUT2D eigenvalue weighted by molar-refractivity contribution is 0.0653. The highest BCUT2D eigenvalue weighted by molar-refractivity contribution is 5.96. The molecule has 5 nitrogen and oxygen atoms in total. The molecule has 30 heavy (non-hydrogen) atoms. The Morgan fingerprint density at radius 3 is 2.83 bits per heavy atom. The number of hydrogen-bond acceptors (Lipinski definition) is 4. The van der Waals surface area contributed by atoms with Crippen molar-refractivity contribution in [3.8, 4) is 5.75 Å². The first kappa shape index (κ1) is 19.2. The molecule has 3 heterocycles. The number of para-hydroxylation sites is 1. The van der Waals surface area contributed by atoms with Crippen LogP contribution in [0.2, 0.25) is 0 Å². The quantitative estimate of drug-likeness (QED) is 0.639. The number of rotatable bonds is 4. The molecule has 0 bridgehead atoms. The third kappa shape index (κ3) is 3.70. The smallest absolute Gasteiger partial charge is 0.289 e. The first-order chi connectivity index (χ1) is 14.6. The highest BCUT2D eigenvalue weighted by Crippen LogP contribution is 2.40. The summed E-state index contributed by atoms with van der Waals surface area (Å²) >= 11 is 0. The van der Waals surface area contributed by atoms with E-state index in [1.54, 1.807) is 7.11 Å². The fourth-order valence-corrected chi connectivity index (χ4v) is 5.16. The van der Waals surface area contributed by atoms with Crippen LogP contribution in [0.15, 0.2) is 59.0 Å². The van der Waals surface area contributed by atoms with Crippen molar-refractivity contribution >= 4 is 16.9 Å². The van der Waals surface area contributed by atoms with Crippen LogP contribution in [0.4, 0.5) is 0 Å². The van der Waals surface area contributed by atoms with E-state index in [2.05, 4.69) is 23.1 Å². The second-order valence-corrected chi connectivity index (χ2v) is 8.79. The van der Waals surface area contributed by atoms with E-state index in [9.17, 15) is 4.79 Å². The van der Waals surface area contributed by atoms with E-state index in [0.717, 1.165) is 55.9 Å². The van der Waals surface area contributed by atoms with Crippen molar-refractivity contribution in [1.82, 2.24) is 9.80 Å². The Morgan fingerprint density at radius 1 is 1.07 bits per heavy atom. The van der Waals surface area contributed by atoms with Crippen LogP contribution in [0.5, 0.6) is 5.75 Å². The Morgan fingerprint density at radius 2 is 1.97 bits per heavy atom. The highest BCUT2D eigenvalue weighted by atomic mass is 16.5. The van der Waals surface area contributed by atoms with Crippen molar-refractivity contribution in [3.05, 3.63) is 65.9 Å². The van der Waals surface area contributed by atoms with E-state index in [-0.39, 0.29) is 11.3 Å². The lowest BCUT2D eigenvalue weighted by atomic mass is 9.79. The molecule has 0 N–H and O–H groups in total. The average molecular weight is 405 g/mol. The van der Waals surface area contributed by atoms with E-state index in [1.807, 2.05) is 41.3 Å². The molecule has 2 aromatic carbocycles. The third-order valence-electron chi connectivity index (χ3n) is 6.64. The molecular formula is C25H28N2O3. The molecule has 3 aromatic rings. The van der Waals surface area contributed by atoms with Crippen LogP contribution in [-0.2, 0) is 6.54 Å². The Hall–Kier alpha value is -2.79. The Kier molecular flexibility index (Phi) is 4.99. The number of fused-ring (bicyclic) bond motifs is 1. The maximum Gasteiger partial charge on any atom is 0.289 e. The van der Waals surface area contributed by atoms with Gasteiger partial charge >= 0.3 is 0 Å². The zero-order chi connectivity index (χ0) is 20.6. The molecule has 2 saturated heterocycles. The summed E-state index contributed by atoms with van der Waals surface area (Å²) in [5, 5.41) is 0.983. The van der Waals surface area contributed by atoms with Gasteiger partial charge in [0, 0.05) is 37.0 Å². The molecule has 2 aliphatic rings. The standard InChI is InChI=1S/C25H28N2O3/c1-29-21-8-4-6-19(14-21)16-26-12-5-10-25(17-26)11-13-27(18-25)24(28)23-15-20-7-2-3-9-22(20)30-23/h2-4,6-9,14-15H,5,10-13,16-18H2,1H3. The lowest BCUT2D eigenvalue weighted by Gasteiger charge is -2.40. The fraction of sp³-hybridized carbons (Fsp3) is 0.400. The number of furan rings is 1. The van der Waals surface area contributed by atoms with Crippen LogP contribution in [0.3, 0.4) is 0 Å². The maximum absolute atomic E-state index is 13.1. The molecule has 0 aliphatic carbocycles. The molecule has 1 unspecified atom stereocenters. The second-order valence-electron chi connectivity index (χ2n) is 8.79. The van der Waals surface area contributed by atoms with E-state index in [0.29, 0.717) is 5.76 Å². The van der Waals surface area contributed by atoms with Gasteiger partial charge in [0.25, 0.3) is 5.91 Å². The molecule has 2 fully saturated rings. The van der Waals surface area contributed by atoms with Crippen LogP contribution < -0.4 is 4.74 Å². The highest BCUT2D eigenvalue weighted by Gasteiger charge is 2.43. The van der Waals surface area contributed by atoms with Crippen LogP contribution >= 0.6 is 0 Å². The monoisotopic (exact) mass is 404 g/mol. The molecule has 1 atom stereocenters. The van der Waals surface area contributed by atoms with Gasteiger partial charge in [-0.25, -0.2) is 0 Å². The predicted molar refractivity (Wildman–Crippen MR) is 117 cm³/mol. The van der Waals surface area contributed by atoms with Gasteiger partial charge in [-0.1, -0.05) is 30.3 Å². The molecule has 1 amide bonds. The van der Waals surface area contributed by atoms with Crippen LogP contribution in [0.1, 0.15) is 35.4 Å². The minimum atomic E-state index is 0.0213. The number of carbonyl (C=O) groups excluding carboxylic acids is 1. The van der Waals surface area contributed by atoms with E-state index < -0.39 is 0 Å². The minimum Gasteiger partial charge on any atom is -0.497 e. The van der Waals surface area contributed by atoms with Crippen LogP contribution in [0.25, 0.3) is 11.0 Å². The van der Waals surface area contributed by atoms with Crippen molar-refractivity contribution in [3.63, 3.8) is 0 Å². The summed E-state index contributed by atoms with van der Waals surface area (Å²) in [6, 6.07) is 18.0. The molecule has 5 rings (SSSR count). The zero-order valence-electron chi connectivity index (χ0n) is 17.5. The summed E-state index contributed by atoms with van der Waals surface area (Å²) in [4.78, 5) is 17.6. The number of piperidine rings is 1. The Bertz CT molecular complexity index is 1030. The number of ether oxygens (including phenoxy) is 1. The van der Waals surface area contributed by atoms with Gasteiger partial charge in [0.05, 0.1) is 7.11 Å². The molecule has 5 heteroatoms. The van der Waals surface area contributed by atoms with Gasteiger partial charge in [-0.3, -0.25) is 9.69 Å². The zero-order valence-corrected chi connectivity index (χ0v) is 17.5. The number of nitrogens with zero attached hydrogens (tertiary/aromatic N) is 2. The van der Waals surface area contributed by atoms with Gasteiger partial charge in [-0.05, 0) is 55.6 Å². The Balaban J connectivity index is 1.27. The average Bonchev–Trinajstić information content (AvgIpc) is 3.38. The predicted octanol–water partition coefficient (Wildman–Crippen LogP) is 4.57. The first-order valence-electron chi connectivity index (χ1n) is 10.8. The molecule has 0 radical (unpaired) electrons. The maximum atomic E-state index is 13.1. The van der Waals surface area contributed by atoms with Crippen LogP contribution in [0, 0.1) is 5.41 Å². The van der Waals surface area contributed by atoms with Gasteiger partial charge in [-0.2, -0.15) is 0 Å². The summed E-state index contributed by atoms with van der Waals surface area (Å²) in [6.45, 7) is 4.70. The van der Waals surface area contributed by atoms with E-state index >= 15 is 0 Å². The van der Waals surface area contributed by atoms with Crippen molar-refractivity contribution in [2.45, 2.75) is 25.8 Å². The Labute approximate surface area is 177 Å². The van der Waals surface area contributed by atoms with Crippen molar-refractivity contribution in [2.75, 3.05) is 33.3 Å². The molecule has 0 saturated carbocycles. The van der Waals surface area contributed by atoms with Crippen LogP contribution in [-0.4, -0.2) is 49.0 Å². The number of carbonyl (C=O) groups is 1. The number of hydrogen-bond donors (Lipinski definition) is 0. The summed E-state index contributed by atoms with van der Waals surface area (Å²) in [5.41, 5.74) is 2.25. The largest absolute Gasteiger partial charge is 0.497 e. The molecule has 1 spiro atoms. The van der Waals surface area contributed by atoms with Gasteiger partial charge in [0.2, 0.25) is 0 Å². The molecular weight excluding hydrogens is 376 g/mol. The molecule has 1 aromatic heterocycles. The van der Waals surface area contributed by atoms with E-state index in [4.69, 9.17) is 9.15 Å². The topological polar surface area (TPSA) is 45.9 Å². The second kappa shape index (κ2) is 7.80. The van der Waals surface area contributed by atoms with Gasteiger partial charge in [-0.15, -0.1) is 0 Å². The molecule has 156 valence electrons. The van der Waals surface area contributed by atoms with Gasteiger partial charge in [0.1, 0.15) is 11.3 Å². The number of amides is 1. The SMILES string of the molecule is COc1cccc(CN2CCCC3(CCN(C(=O)c4cc5ccccc5o4)C3)C2)c1. The van der Waals surface area contributed by atoms with Crippen molar-refractivity contribution in [2.24, 2.45) is 5.41 Å². The third-order valence-corrected chi connectivity index (χ3v) is 6.64. The first-order valence-corrected chi connectivity index (χ1v) is 10.8. The van der Waals surface area contributed by atoms with Gasteiger partial charge in [0.15, 0.2) is 5.76 Å². The molecule has 2 aliphatic heterocycles. The lowest BCUT2D eigenvalue weighted by Crippen LogP contribution is -2.45. The van der Waals surface area contributed by atoms with Crippen molar-refractivity contribution in [1.29, 1.82) is 0 Å². The van der Waals surface area contributed by atoms with Crippen molar-refractivity contribution < 1.29 is 13.9 Å². The summed E-state index contributed by atoms with van der Waals surface area (Å²) < 4.78 is 11.2. The van der Waals surface area contributed by atoms with Gasteiger partial charge < -0.3 is 14.1 Å². The normalized spacial score (nSPS) is 22.1. The summed E-state index contributed by atoms with van der Waals surface area (Å²) in [7, 11) is 1.71.